The van der Waals surface area contributed by atoms with Crippen molar-refractivity contribution in [3.63, 3.8) is 0 Å². The number of hydrogen-bond donors (Lipinski definition) is 0. The minimum atomic E-state index is -0.567. The average molecular weight is 384 g/mol. The molecular formula is C20H14ClNO5. The molecule has 0 aliphatic heterocycles. The van der Waals surface area contributed by atoms with E-state index in [0.717, 1.165) is 11.0 Å². The molecule has 6 nitrogen and oxygen atoms in total. The Morgan fingerprint density at radius 1 is 1.11 bits per heavy atom. The van der Waals surface area contributed by atoms with Crippen LogP contribution in [0.1, 0.15) is 16.1 Å². The number of halogens is 1. The Bertz CT molecular complexity index is 1080. The summed E-state index contributed by atoms with van der Waals surface area (Å²) in [4.78, 5) is 12.3. The quantitative estimate of drug-likeness (QED) is 0.446. The van der Waals surface area contributed by atoms with E-state index in [1.165, 1.54) is 13.2 Å². The van der Waals surface area contributed by atoms with Crippen LogP contribution in [-0.4, -0.2) is 18.2 Å². The van der Waals surface area contributed by atoms with Gasteiger partial charge in [-0.05, 0) is 30.3 Å². The molecule has 2 aromatic heterocycles. The number of ether oxygens (including phenoxy) is 2. The van der Waals surface area contributed by atoms with Gasteiger partial charge in [-0.1, -0.05) is 35.0 Å². The molecule has 0 saturated heterocycles. The van der Waals surface area contributed by atoms with Gasteiger partial charge in [-0.3, -0.25) is 0 Å². The van der Waals surface area contributed by atoms with Gasteiger partial charge in [-0.25, -0.2) is 4.79 Å². The molecule has 0 unspecified atom stereocenters. The molecule has 4 aromatic rings. The highest BCUT2D eigenvalue weighted by atomic mass is 35.5. The van der Waals surface area contributed by atoms with Crippen molar-refractivity contribution in [3.8, 4) is 17.3 Å². The molecule has 0 spiro atoms. The molecule has 7 heteroatoms. The number of methoxy groups -OCH3 is 1. The number of rotatable bonds is 5. The van der Waals surface area contributed by atoms with Crippen molar-refractivity contribution < 1.29 is 23.2 Å². The number of carbonyl (C=O) groups is 1. The fourth-order valence-corrected chi connectivity index (χ4v) is 2.83. The Labute approximate surface area is 159 Å². The number of fused-ring (bicyclic) bond motifs is 1. The maximum atomic E-state index is 12.3. The number of furan rings is 1. The number of para-hydroxylation sites is 1. The number of aromatic nitrogens is 1. The van der Waals surface area contributed by atoms with E-state index in [4.69, 9.17) is 30.0 Å². The van der Waals surface area contributed by atoms with Gasteiger partial charge in [-0.15, -0.1) is 0 Å². The molecule has 4 rings (SSSR count). The molecule has 0 N–H and O–H groups in total. The van der Waals surface area contributed by atoms with Crippen molar-refractivity contribution in [1.82, 2.24) is 5.16 Å². The topological polar surface area (TPSA) is 74.7 Å². The Morgan fingerprint density at radius 2 is 1.96 bits per heavy atom. The number of carbonyl (C=O) groups excluding carboxylic acids is 1. The second kappa shape index (κ2) is 7.17. The largest absolute Gasteiger partial charge is 0.496 e. The van der Waals surface area contributed by atoms with Crippen molar-refractivity contribution in [3.05, 3.63) is 70.9 Å². The second-order valence-corrected chi connectivity index (χ2v) is 6.19. The van der Waals surface area contributed by atoms with Crippen molar-refractivity contribution in [1.29, 1.82) is 0 Å². The number of benzene rings is 2. The van der Waals surface area contributed by atoms with Crippen LogP contribution in [0.25, 0.3) is 22.5 Å². The second-order valence-electron chi connectivity index (χ2n) is 5.75. The normalized spacial score (nSPS) is 10.9. The van der Waals surface area contributed by atoms with E-state index in [1.54, 1.807) is 18.2 Å². The molecule has 2 aromatic carbocycles. The van der Waals surface area contributed by atoms with Crippen molar-refractivity contribution >= 4 is 28.5 Å². The fraction of sp³-hybridized carbons (Fsp3) is 0.100. The molecule has 0 atom stereocenters. The summed E-state index contributed by atoms with van der Waals surface area (Å²) in [6.07, 6.45) is 0. The molecule has 27 heavy (non-hydrogen) atoms. The standard InChI is InChI=1S/C20H14ClNO5/c1-24-17-7-6-13(21)9-15(17)20(23)25-11-14-10-19(27-22-14)18-8-12-4-2-3-5-16(12)26-18/h2-10H,11H2,1H3. The van der Waals surface area contributed by atoms with Gasteiger partial charge in [0.25, 0.3) is 0 Å². The highest BCUT2D eigenvalue weighted by molar-refractivity contribution is 6.31. The van der Waals surface area contributed by atoms with Crippen LogP contribution in [0.3, 0.4) is 0 Å². The van der Waals surface area contributed by atoms with E-state index in [9.17, 15) is 4.79 Å². The number of esters is 1. The van der Waals surface area contributed by atoms with Gasteiger partial charge in [0.15, 0.2) is 5.76 Å². The van der Waals surface area contributed by atoms with Gasteiger partial charge < -0.3 is 18.4 Å². The Hall–Kier alpha value is -3.25. The highest BCUT2D eigenvalue weighted by Crippen LogP contribution is 2.28. The molecule has 0 saturated carbocycles. The first-order valence-electron chi connectivity index (χ1n) is 8.09. The molecular weight excluding hydrogens is 370 g/mol. The maximum absolute atomic E-state index is 12.3. The third-order valence-corrected chi connectivity index (χ3v) is 4.20. The van der Waals surface area contributed by atoms with Crippen molar-refractivity contribution in [2.24, 2.45) is 0 Å². The third kappa shape index (κ3) is 3.52. The summed E-state index contributed by atoms with van der Waals surface area (Å²) >= 11 is 5.94. The molecule has 0 fully saturated rings. The SMILES string of the molecule is COc1ccc(Cl)cc1C(=O)OCc1cc(-c2cc3ccccc3o2)on1. The van der Waals surface area contributed by atoms with E-state index in [2.05, 4.69) is 5.16 Å². The van der Waals surface area contributed by atoms with Gasteiger partial charge >= 0.3 is 5.97 Å². The van der Waals surface area contributed by atoms with E-state index < -0.39 is 5.97 Å². The van der Waals surface area contributed by atoms with Crippen LogP contribution in [-0.2, 0) is 11.3 Å². The van der Waals surface area contributed by atoms with Crippen molar-refractivity contribution in [2.45, 2.75) is 6.61 Å². The predicted molar refractivity (Wildman–Crippen MR) is 98.8 cm³/mol. The first kappa shape index (κ1) is 17.2. The third-order valence-electron chi connectivity index (χ3n) is 3.96. The summed E-state index contributed by atoms with van der Waals surface area (Å²) in [5.41, 5.74) is 1.45. The van der Waals surface area contributed by atoms with Crippen LogP contribution in [0.2, 0.25) is 5.02 Å². The lowest BCUT2D eigenvalue weighted by Crippen LogP contribution is -2.07. The van der Waals surface area contributed by atoms with Gasteiger partial charge in [0.1, 0.15) is 29.2 Å². The summed E-state index contributed by atoms with van der Waals surface area (Å²) < 4.78 is 21.5. The summed E-state index contributed by atoms with van der Waals surface area (Å²) in [7, 11) is 1.47. The van der Waals surface area contributed by atoms with Gasteiger partial charge in [0, 0.05) is 16.5 Å². The first-order valence-corrected chi connectivity index (χ1v) is 8.47. The average Bonchev–Trinajstić information content (AvgIpc) is 3.32. The summed E-state index contributed by atoms with van der Waals surface area (Å²) in [6, 6.07) is 15.9. The number of hydrogen-bond acceptors (Lipinski definition) is 6. The highest BCUT2D eigenvalue weighted by Gasteiger charge is 2.17. The monoisotopic (exact) mass is 383 g/mol. The summed E-state index contributed by atoms with van der Waals surface area (Å²) in [6.45, 7) is -0.0573. The zero-order valence-electron chi connectivity index (χ0n) is 14.3. The molecule has 0 aliphatic rings. The lowest BCUT2D eigenvalue weighted by atomic mass is 10.2. The summed E-state index contributed by atoms with van der Waals surface area (Å²) in [5.74, 6) is 0.825. The molecule has 0 amide bonds. The predicted octanol–water partition coefficient (Wildman–Crippen LogP) is 5.11. The lowest BCUT2D eigenvalue weighted by molar-refractivity contribution is 0.0460. The minimum absolute atomic E-state index is 0.0573. The molecule has 0 bridgehead atoms. The summed E-state index contributed by atoms with van der Waals surface area (Å²) in [5, 5.41) is 5.30. The molecule has 0 radical (unpaired) electrons. The van der Waals surface area contributed by atoms with Crippen LogP contribution in [0, 0.1) is 0 Å². The molecule has 0 aliphatic carbocycles. The first-order chi connectivity index (χ1) is 13.1. The maximum Gasteiger partial charge on any atom is 0.342 e. The molecule has 136 valence electrons. The van der Waals surface area contributed by atoms with Crippen LogP contribution < -0.4 is 4.74 Å². The van der Waals surface area contributed by atoms with Crippen LogP contribution >= 0.6 is 11.6 Å². The minimum Gasteiger partial charge on any atom is -0.496 e. The zero-order chi connectivity index (χ0) is 18.8. The van der Waals surface area contributed by atoms with Crippen LogP contribution in [0.4, 0.5) is 0 Å². The van der Waals surface area contributed by atoms with Crippen LogP contribution in [0.15, 0.2) is 63.5 Å². The smallest absolute Gasteiger partial charge is 0.342 e. The van der Waals surface area contributed by atoms with E-state index in [1.807, 2.05) is 30.3 Å². The zero-order valence-corrected chi connectivity index (χ0v) is 15.0. The van der Waals surface area contributed by atoms with Gasteiger partial charge in [0.2, 0.25) is 5.76 Å². The van der Waals surface area contributed by atoms with Gasteiger partial charge in [-0.2, -0.15) is 0 Å². The Balaban J connectivity index is 1.48. The molecule has 2 heterocycles. The van der Waals surface area contributed by atoms with Crippen molar-refractivity contribution in [2.75, 3.05) is 7.11 Å². The van der Waals surface area contributed by atoms with E-state index in [0.29, 0.717) is 28.0 Å². The Kier molecular flexibility index (Phi) is 4.56. The lowest BCUT2D eigenvalue weighted by Gasteiger charge is -2.08. The van der Waals surface area contributed by atoms with Gasteiger partial charge in [0.05, 0.1) is 7.11 Å². The fourth-order valence-electron chi connectivity index (χ4n) is 2.66. The Morgan fingerprint density at radius 3 is 2.78 bits per heavy atom. The number of nitrogens with zero attached hydrogens (tertiary/aromatic N) is 1. The van der Waals surface area contributed by atoms with Crippen LogP contribution in [0.5, 0.6) is 5.75 Å². The van der Waals surface area contributed by atoms with E-state index in [-0.39, 0.29) is 12.2 Å². The van der Waals surface area contributed by atoms with E-state index >= 15 is 0 Å².